The molecule has 0 saturated carbocycles. The zero-order chi connectivity index (χ0) is 16.2. The Labute approximate surface area is 126 Å². The number of rotatable bonds is 6. The lowest BCUT2D eigenvalue weighted by Crippen LogP contribution is -2.37. The van der Waals surface area contributed by atoms with Gasteiger partial charge in [-0.3, -0.25) is 4.79 Å². The molecule has 5 nitrogen and oxygen atoms in total. The molecule has 0 aliphatic heterocycles. The van der Waals surface area contributed by atoms with Gasteiger partial charge in [-0.05, 0) is 17.4 Å². The van der Waals surface area contributed by atoms with E-state index >= 15 is 0 Å². The van der Waals surface area contributed by atoms with E-state index in [9.17, 15) is 4.79 Å². The van der Waals surface area contributed by atoms with Gasteiger partial charge in [0.05, 0.1) is 25.5 Å². The summed E-state index contributed by atoms with van der Waals surface area (Å²) < 4.78 is 10.3. The Morgan fingerprint density at radius 3 is 2.38 bits per heavy atom. The number of hydrogen-bond acceptors (Lipinski definition) is 4. The first-order chi connectivity index (χ1) is 9.72. The maximum absolute atomic E-state index is 12.4. The number of nitrogens with two attached hydrogens (primary N) is 1. The van der Waals surface area contributed by atoms with Crippen LogP contribution in [0.3, 0.4) is 0 Å². The number of amides is 1. The molecular weight excluding hydrogens is 268 g/mol. The monoisotopic (exact) mass is 294 g/mol. The lowest BCUT2D eigenvalue weighted by molar-refractivity contribution is 0.0925. The molecule has 0 unspecified atom stereocenters. The average Bonchev–Trinajstić information content (AvgIpc) is 2.44. The lowest BCUT2D eigenvalue weighted by atomic mass is 9.81. The number of carbonyl (C=O) groups is 1. The molecule has 3 N–H and O–H groups in total. The topological polar surface area (TPSA) is 73.6 Å². The second kappa shape index (κ2) is 6.70. The largest absolute Gasteiger partial charge is 0.497 e. The molecule has 1 aromatic carbocycles. The van der Waals surface area contributed by atoms with Crippen LogP contribution >= 0.6 is 0 Å². The van der Waals surface area contributed by atoms with E-state index in [2.05, 4.69) is 33.0 Å². The molecule has 0 aliphatic rings. The Morgan fingerprint density at radius 1 is 1.29 bits per heavy atom. The molecule has 0 aliphatic carbocycles. The summed E-state index contributed by atoms with van der Waals surface area (Å²) in [7, 11) is 3.04. The van der Waals surface area contributed by atoms with Crippen molar-refractivity contribution in [1.29, 1.82) is 0 Å². The minimum Gasteiger partial charge on any atom is -0.497 e. The van der Waals surface area contributed by atoms with Crippen molar-refractivity contribution in [1.82, 2.24) is 5.32 Å². The van der Waals surface area contributed by atoms with E-state index < -0.39 is 0 Å². The van der Waals surface area contributed by atoms with Crippen molar-refractivity contribution in [3.8, 4) is 11.5 Å². The van der Waals surface area contributed by atoms with Gasteiger partial charge >= 0.3 is 0 Å². The first-order valence-electron chi connectivity index (χ1n) is 7.02. The smallest absolute Gasteiger partial charge is 0.253 e. The van der Waals surface area contributed by atoms with Crippen LogP contribution in [-0.4, -0.2) is 26.7 Å². The van der Waals surface area contributed by atoms with Gasteiger partial charge in [0.25, 0.3) is 5.91 Å². The van der Waals surface area contributed by atoms with Crippen LogP contribution in [0.2, 0.25) is 0 Å². The van der Waals surface area contributed by atoms with Crippen molar-refractivity contribution < 1.29 is 14.3 Å². The quantitative estimate of drug-likeness (QED) is 0.791. The molecule has 21 heavy (non-hydrogen) atoms. The fraction of sp³-hybridized carbons (Fsp3) is 0.562. The number of carbonyl (C=O) groups excluding carboxylic acids is 1. The number of methoxy groups -OCH3 is 2. The van der Waals surface area contributed by atoms with Crippen molar-refractivity contribution in [3.05, 3.63) is 17.7 Å². The lowest BCUT2D eigenvalue weighted by Gasteiger charge is -2.29. The summed E-state index contributed by atoms with van der Waals surface area (Å²) in [6.45, 7) is 9.08. The third kappa shape index (κ3) is 4.03. The van der Waals surface area contributed by atoms with E-state index in [1.165, 1.54) is 14.2 Å². The maximum atomic E-state index is 12.4. The molecular formula is C16H26N2O3. The molecule has 1 aromatic rings. The van der Waals surface area contributed by atoms with Gasteiger partial charge in [-0.2, -0.15) is 0 Å². The minimum atomic E-state index is -0.224. The Balaban J connectivity index is 2.97. The van der Waals surface area contributed by atoms with Crippen LogP contribution in [0.5, 0.6) is 11.5 Å². The highest BCUT2D eigenvalue weighted by atomic mass is 16.5. The number of benzene rings is 1. The minimum absolute atomic E-state index is 0.00732. The predicted molar refractivity (Wildman–Crippen MR) is 84.9 cm³/mol. The van der Waals surface area contributed by atoms with Crippen LogP contribution in [0, 0.1) is 11.3 Å². The van der Waals surface area contributed by atoms with Gasteiger partial charge in [0.2, 0.25) is 0 Å². The van der Waals surface area contributed by atoms with E-state index in [4.69, 9.17) is 15.2 Å². The van der Waals surface area contributed by atoms with Gasteiger partial charge in [-0.25, -0.2) is 0 Å². The van der Waals surface area contributed by atoms with Crippen LogP contribution in [0.4, 0.5) is 5.69 Å². The molecule has 0 atom stereocenters. The average molecular weight is 294 g/mol. The molecule has 5 heteroatoms. The summed E-state index contributed by atoms with van der Waals surface area (Å²) in [5, 5.41) is 2.93. The fourth-order valence-electron chi connectivity index (χ4n) is 1.68. The predicted octanol–water partition coefficient (Wildman–Crippen LogP) is 2.70. The first kappa shape index (κ1) is 17.1. The van der Waals surface area contributed by atoms with Gasteiger partial charge < -0.3 is 20.5 Å². The van der Waals surface area contributed by atoms with Gasteiger partial charge in [0.1, 0.15) is 11.5 Å². The van der Waals surface area contributed by atoms with Crippen LogP contribution < -0.4 is 20.5 Å². The molecule has 0 bridgehead atoms. The first-order valence-corrected chi connectivity index (χ1v) is 7.02. The summed E-state index contributed by atoms with van der Waals surface area (Å²) in [6, 6.07) is 3.28. The van der Waals surface area contributed by atoms with Crippen LogP contribution in [0.15, 0.2) is 12.1 Å². The summed E-state index contributed by atoms with van der Waals surface area (Å²) in [6.07, 6.45) is 0. The van der Waals surface area contributed by atoms with Crippen LogP contribution in [0.25, 0.3) is 0 Å². The highest BCUT2D eigenvalue weighted by Gasteiger charge is 2.24. The zero-order valence-electron chi connectivity index (χ0n) is 13.7. The molecule has 118 valence electrons. The van der Waals surface area contributed by atoms with E-state index in [1.807, 2.05) is 0 Å². The van der Waals surface area contributed by atoms with Crippen molar-refractivity contribution in [2.24, 2.45) is 11.3 Å². The van der Waals surface area contributed by atoms with Gasteiger partial charge in [0, 0.05) is 12.6 Å². The van der Waals surface area contributed by atoms with E-state index in [0.29, 0.717) is 35.2 Å². The molecule has 1 amide bonds. The second-order valence-corrected chi connectivity index (χ2v) is 6.12. The number of anilines is 1. The second-order valence-electron chi connectivity index (χ2n) is 6.12. The van der Waals surface area contributed by atoms with Gasteiger partial charge in [-0.1, -0.05) is 27.7 Å². The Morgan fingerprint density at radius 2 is 1.90 bits per heavy atom. The third-order valence-electron chi connectivity index (χ3n) is 4.08. The standard InChI is InChI=1S/C16H26N2O3/c1-10(2)16(3,4)9-18-15(19)12-7-11(20-5)8-13(21-6)14(12)17/h7-8,10H,9,17H2,1-6H3,(H,18,19). The summed E-state index contributed by atoms with van der Waals surface area (Å²) in [5.41, 5.74) is 6.67. The number of nitrogen functional groups attached to an aromatic ring is 1. The highest BCUT2D eigenvalue weighted by Crippen LogP contribution is 2.31. The molecule has 0 radical (unpaired) electrons. The fourth-order valence-corrected chi connectivity index (χ4v) is 1.68. The van der Waals surface area contributed by atoms with E-state index in [-0.39, 0.29) is 11.3 Å². The van der Waals surface area contributed by atoms with E-state index in [0.717, 1.165) is 0 Å². The molecule has 0 aromatic heterocycles. The van der Waals surface area contributed by atoms with Crippen LogP contribution in [-0.2, 0) is 0 Å². The SMILES string of the molecule is COc1cc(OC)c(N)c(C(=O)NCC(C)(C)C(C)C)c1. The van der Waals surface area contributed by atoms with Crippen molar-refractivity contribution >= 4 is 11.6 Å². The highest BCUT2D eigenvalue weighted by molar-refractivity contribution is 6.01. The van der Waals surface area contributed by atoms with Crippen molar-refractivity contribution in [3.63, 3.8) is 0 Å². The molecule has 0 fully saturated rings. The zero-order valence-corrected chi connectivity index (χ0v) is 13.7. The Bertz CT molecular complexity index is 510. The Hall–Kier alpha value is -1.91. The van der Waals surface area contributed by atoms with Gasteiger partial charge in [-0.15, -0.1) is 0 Å². The summed E-state index contributed by atoms with van der Waals surface area (Å²) >= 11 is 0. The number of ether oxygens (including phenoxy) is 2. The van der Waals surface area contributed by atoms with Crippen molar-refractivity contribution in [2.75, 3.05) is 26.5 Å². The normalized spacial score (nSPS) is 11.4. The maximum Gasteiger partial charge on any atom is 0.253 e. The molecule has 1 rings (SSSR count). The Kier molecular flexibility index (Phi) is 5.47. The third-order valence-corrected chi connectivity index (χ3v) is 4.08. The molecule has 0 saturated heterocycles. The van der Waals surface area contributed by atoms with Gasteiger partial charge in [0.15, 0.2) is 0 Å². The molecule has 0 spiro atoms. The number of hydrogen-bond donors (Lipinski definition) is 2. The summed E-state index contributed by atoms with van der Waals surface area (Å²) in [5.74, 6) is 1.20. The molecule has 0 heterocycles. The number of nitrogens with one attached hydrogen (secondary N) is 1. The van der Waals surface area contributed by atoms with E-state index in [1.54, 1.807) is 12.1 Å². The van der Waals surface area contributed by atoms with Crippen LogP contribution in [0.1, 0.15) is 38.1 Å². The van der Waals surface area contributed by atoms with Crippen molar-refractivity contribution in [2.45, 2.75) is 27.7 Å². The summed E-state index contributed by atoms with van der Waals surface area (Å²) in [4.78, 5) is 12.4.